The molecule has 0 atom stereocenters. The highest BCUT2D eigenvalue weighted by atomic mass is 16.5. The van der Waals surface area contributed by atoms with Gasteiger partial charge in [-0.05, 0) is 49.2 Å². The molecule has 3 heterocycles. The Morgan fingerprint density at radius 3 is 2.41 bits per heavy atom. The second-order valence-electron chi connectivity index (χ2n) is 8.41. The minimum absolute atomic E-state index is 0.0121. The maximum absolute atomic E-state index is 12.8. The van der Waals surface area contributed by atoms with Crippen molar-refractivity contribution in [2.75, 3.05) is 59.7 Å². The minimum atomic E-state index is -0.200. The van der Waals surface area contributed by atoms with Gasteiger partial charge in [0, 0.05) is 44.8 Å². The first-order valence-corrected chi connectivity index (χ1v) is 11.2. The van der Waals surface area contributed by atoms with Gasteiger partial charge < -0.3 is 28.7 Å². The molecule has 0 saturated carbocycles. The third kappa shape index (κ3) is 6.03. The van der Waals surface area contributed by atoms with Gasteiger partial charge >= 0.3 is 0 Å². The molecule has 8 heteroatoms. The van der Waals surface area contributed by atoms with E-state index in [9.17, 15) is 4.79 Å². The molecule has 2 aliphatic heterocycles. The van der Waals surface area contributed by atoms with Gasteiger partial charge in [0.15, 0.2) is 5.76 Å². The van der Waals surface area contributed by atoms with E-state index in [1.807, 2.05) is 24.3 Å². The van der Waals surface area contributed by atoms with Crippen LogP contribution in [0.3, 0.4) is 0 Å². The summed E-state index contributed by atoms with van der Waals surface area (Å²) in [5, 5.41) is 3.10. The summed E-state index contributed by atoms with van der Waals surface area (Å²) in [4.78, 5) is 15.2. The van der Waals surface area contributed by atoms with Gasteiger partial charge in [-0.3, -0.25) is 9.69 Å². The predicted molar refractivity (Wildman–Crippen MR) is 118 cm³/mol. The monoisotopic (exact) mass is 444 g/mol. The number of methoxy groups -OCH3 is 1. The van der Waals surface area contributed by atoms with E-state index in [1.54, 1.807) is 19.2 Å². The first kappa shape index (κ1) is 22.6. The Morgan fingerprint density at radius 2 is 1.69 bits per heavy atom. The molecule has 2 aromatic rings. The summed E-state index contributed by atoms with van der Waals surface area (Å²) in [5.74, 6) is 2.17. The van der Waals surface area contributed by atoms with Crippen molar-refractivity contribution in [1.29, 1.82) is 0 Å². The average Bonchev–Trinajstić information content (AvgIpc) is 3.32. The molecule has 0 spiro atoms. The number of furan rings is 1. The van der Waals surface area contributed by atoms with E-state index in [-0.39, 0.29) is 17.9 Å². The number of ether oxygens (including phenoxy) is 4. The molecule has 0 aliphatic carbocycles. The fourth-order valence-electron chi connectivity index (χ4n) is 4.19. The number of benzene rings is 1. The van der Waals surface area contributed by atoms with Crippen molar-refractivity contribution in [3.05, 3.63) is 47.9 Å². The molecule has 8 nitrogen and oxygen atoms in total. The van der Waals surface area contributed by atoms with Crippen molar-refractivity contribution < 1.29 is 28.2 Å². The average molecular weight is 445 g/mol. The molecule has 0 unspecified atom stereocenters. The van der Waals surface area contributed by atoms with Crippen molar-refractivity contribution in [1.82, 2.24) is 10.2 Å². The van der Waals surface area contributed by atoms with Crippen LogP contribution in [0.4, 0.5) is 0 Å². The molecule has 0 bridgehead atoms. The van der Waals surface area contributed by atoms with Gasteiger partial charge in [-0.15, -0.1) is 0 Å². The zero-order valence-electron chi connectivity index (χ0n) is 18.6. The normalized spacial score (nSPS) is 18.8. The number of rotatable bonds is 9. The lowest BCUT2D eigenvalue weighted by atomic mass is 9.79. The largest absolute Gasteiger partial charge is 0.497 e. The number of amides is 1. The van der Waals surface area contributed by atoms with Gasteiger partial charge in [0.1, 0.15) is 23.9 Å². The van der Waals surface area contributed by atoms with Crippen molar-refractivity contribution in [3.8, 4) is 11.5 Å². The molecule has 32 heavy (non-hydrogen) atoms. The van der Waals surface area contributed by atoms with Crippen LogP contribution in [0.1, 0.15) is 29.2 Å². The molecule has 1 amide bonds. The number of carbonyl (C=O) groups is 1. The van der Waals surface area contributed by atoms with Gasteiger partial charge in [0.05, 0.1) is 20.3 Å². The van der Waals surface area contributed by atoms with Crippen LogP contribution in [-0.4, -0.2) is 70.5 Å². The Labute approximate surface area is 188 Å². The molecule has 2 saturated heterocycles. The van der Waals surface area contributed by atoms with E-state index >= 15 is 0 Å². The topological polar surface area (TPSA) is 82.4 Å². The number of carbonyl (C=O) groups excluding carboxylic acids is 1. The first-order chi connectivity index (χ1) is 15.7. The molecule has 0 radical (unpaired) electrons. The Hall–Kier alpha value is -2.55. The lowest BCUT2D eigenvalue weighted by Crippen LogP contribution is -2.50. The lowest BCUT2D eigenvalue weighted by molar-refractivity contribution is -0.0283. The van der Waals surface area contributed by atoms with Crippen LogP contribution in [0.15, 0.2) is 40.8 Å². The van der Waals surface area contributed by atoms with Crippen LogP contribution in [0.5, 0.6) is 11.5 Å². The SMILES string of the molecule is COc1ccc(OCc2ccc(C(=O)NCC3(CN4CCOCC4)CCOCC3)o2)cc1. The second kappa shape index (κ2) is 10.8. The van der Waals surface area contributed by atoms with Gasteiger partial charge in [-0.2, -0.15) is 0 Å². The molecular weight excluding hydrogens is 412 g/mol. The molecule has 1 N–H and O–H groups in total. The maximum Gasteiger partial charge on any atom is 0.287 e. The molecule has 2 aliphatic rings. The molecule has 1 aromatic carbocycles. The lowest BCUT2D eigenvalue weighted by Gasteiger charge is -2.42. The molecule has 2 fully saturated rings. The van der Waals surface area contributed by atoms with Crippen LogP contribution >= 0.6 is 0 Å². The van der Waals surface area contributed by atoms with E-state index in [0.717, 1.165) is 64.7 Å². The Morgan fingerprint density at radius 1 is 1.00 bits per heavy atom. The Balaban J connectivity index is 1.30. The smallest absolute Gasteiger partial charge is 0.287 e. The van der Waals surface area contributed by atoms with Crippen LogP contribution in [0, 0.1) is 5.41 Å². The van der Waals surface area contributed by atoms with Crippen LogP contribution in [0.2, 0.25) is 0 Å². The Bertz CT molecular complexity index is 854. The van der Waals surface area contributed by atoms with E-state index in [4.69, 9.17) is 23.4 Å². The highest BCUT2D eigenvalue weighted by molar-refractivity contribution is 5.91. The predicted octanol–water partition coefficient (Wildman–Crippen LogP) is 2.73. The number of nitrogens with one attached hydrogen (secondary N) is 1. The number of morpholine rings is 1. The highest BCUT2D eigenvalue weighted by Crippen LogP contribution is 2.31. The summed E-state index contributed by atoms with van der Waals surface area (Å²) in [7, 11) is 1.62. The quantitative estimate of drug-likeness (QED) is 0.637. The standard InChI is InChI=1S/C24H32N2O6/c1-28-19-2-4-20(5-3-19)31-16-21-6-7-22(32-21)23(27)25-17-24(8-12-29-13-9-24)18-26-10-14-30-15-11-26/h2-7H,8-18H2,1H3,(H,25,27). The fourth-order valence-corrected chi connectivity index (χ4v) is 4.19. The fraction of sp³-hybridized carbons (Fsp3) is 0.542. The maximum atomic E-state index is 12.8. The zero-order chi connectivity index (χ0) is 22.2. The number of hydrogen-bond acceptors (Lipinski definition) is 7. The molecule has 4 rings (SSSR count). The van der Waals surface area contributed by atoms with Gasteiger partial charge in [-0.1, -0.05) is 0 Å². The van der Waals surface area contributed by atoms with E-state index in [1.165, 1.54) is 0 Å². The summed E-state index contributed by atoms with van der Waals surface area (Å²) in [5.41, 5.74) is 0.0121. The summed E-state index contributed by atoms with van der Waals surface area (Å²) in [6.07, 6.45) is 1.87. The van der Waals surface area contributed by atoms with E-state index in [2.05, 4.69) is 10.2 Å². The van der Waals surface area contributed by atoms with E-state index in [0.29, 0.717) is 23.8 Å². The van der Waals surface area contributed by atoms with Crippen molar-refractivity contribution in [2.45, 2.75) is 19.4 Å². The van der Waals surface area contributed by atoms with Gasteiger partial charge in [0.2, 0.25) is 0 Å². The van der Waals surface area contributed by atoms with Crippen LogP contribution in [-0.2, 0) is 16.1 Å². The van der Waals surface area contributed by atoms with Crippen molar-refractivity contribution in [2.24, 2.45) is 5.41 Å². The molecule has 174 valence electrons. The minimum Gasteiger partial charge on any atom is -0.497 e. The van der Waals surface area contributed by atoms with Crippen LogP contribution < -0.4 is 14.8 Å². The van der Waals surface area contributed by atoms with Crippen LogP contribution in [0.25, 0.3) is 0 Å². The summed E-state index contributed by atoms with van der Waals surface area (Å²) >= 11 is 0. The summed E-state index contributed by atoms with van der Waals surface area (Å²) in [6.45, 7) is 6.67. The van der Waals surface area contributed by atoms with Gasteiger partial charge in [0.25, 0.3) is 5.91 Å². The molecular formula is C24H32N2O6. The summed E-state index contributed by atoms with van der Waals surface area (Å²) in [6, 6.07) is 10.8. The number of nitrogens with zero attached hydrogens (tertiary/aromatic N) is 1. The Kier molecular flexibility index (Phi) is 7.68. The van der Waals surface area contributed by atoms with E-state index < -0.39 is 0 Å². The zero-order valence-corrected chi connectivity index (χ0v) is 18.6. The van der Waals surface area contributed by atoms with Gasteiger partial charge in [-0.25, -0.2) is 0 Å². The number of hydrogen-bond donors (Lipinski definition) is 1. The van der Waals surface area contributed by atoms with Crippen molar-refractivity contribution in [3.63, 3.8) is 0 Å². The van der Waals surface area contributed by atoms with Crippen molar-refractivity contribution >= 4 is 5.91 Å². The first-order valence-electron chi connectivity index (χ1n) is 11.2. The second-order valence-corrected chi connectivity index (χ2v) is 8.41. The summed E-state index contributed by atoms with van der Waals surface area (Å²) < 4.78 is 27.7. The third-order valence-electron chi connectivity index (χ3n) is 6.17. The highest BCUT2D eigenvalue weighted by Gasteiger charge is 2.35. The third-order valence-corrected chi connectivity index (χ3v) is 6.17. The molecule has 1 aromatic heterocycles.